The minimum absolute atomic E-state index is 0.0990. The van der Waals surface area contributed by atoms with E-state index in [0.717, 1.165) is 6.20 Å². The summed E-state index contributed by atoms with van der Waals surface area (Å²) in [6.07, 6.45) is -1.98. The molecular formula is C10H11F3N2O. The van der Waals surface area contributed by atoms with Gasteiger partial charge in [-0.3, -0.25) is 4.98 Å². The van der Waals surface area contributed by atoms with Crippen molar-refractivity contribution in [2.45, 2.75) is 24.4 Å². The summed E-state index contributed by atoms with van der Waals surface area (Å²) in [5.74, 6) is 4.95. The summed E-state index contributed by atoms with van der Waals surface area (Å²) in [5, 5.41) is 0. The van der Waals surface area contributed by atoms with E-state index in [1.807, 2.05) is 0 Å². The van der Waals surface area contributed by atoms with Crippen LogP contribution in [0.15, 0.2) is 18.3 Å². The summed E-state index contributed by atoms with van der Waals surface area (Å²) in [6, 6.07) is 2.95. The van der Waals surface area contributed by atoms with Gasteiger partial charge in [0.15, 0.2) is 0 Å². The van der Waals surface area contributed by atoms with Crippen LogP contribution in [-0.4, -0.2) is 11.6 Å². The number of nitrogens with two attached hydrogens (primary N) is 1. The Labute approximate surface area is 90.4 Å². The first-order valence-corrected chi connectivity index (χ1v) is 4.84. The topological polar surface area (TPSA) is 48.1 Å². The molecule has 0 aliphatic heterocycles. The molecule has 0 spiro atoms. The lowest BCUT2D eigenvalue weighted by Crippen LogP contribution is -2.23. The van der Waals surface area contributed by atoms with Gasteiger partial charge in [0.2, 0.25) is 0 Å². The number of aromatic nitrogens is 1. The number of hydrogen-bond acceptors (Lipinski definition) is 3. The molecule has 1 saturated carbocycles. The highest BCUT2D eigenvalue weighted by Gasteiger charge is 2.50. The molecule has 2 rings (SSSR count). The Morgan fingerprint density at radius 3 is 2.62 bits per heavy atom. The Kier molecular flexibility index (Phi) is 2.63. The minimum Gasteiger partial charge on any atom is -0.304 e. The average molecular weight is 232 g/mol. The maximum Gasteiger partial charge on any atom is 0.433 e. The van der Waals surface area contributed by atoms with Crippen molar-refractivity contribution in [2.24, 2.45) is 5.90 Å². The molecule has 1 aromatic rings. The number of halogens is 3. The molecule has 88 valence electrons. The largest absolute Gasteiger partial charge is 0.433 e. The molecule has 6 heteroatoms. The van der Waals surface area contributed by atoms with Crippen LogP contribution in [-0.2, 0) is 16.4 Å². The molecule has 0 atom stereocenters. The van der Waals surface area contributed by atoms with Crippen LogP contribution in [0.25, 0.3) is 0 Å². The van der Waals surface area contributed by atoms with Gasteiger partial charge in [0, 0.05) is 11.6 Å². The number of pyridine rings is 1. The number of rotatable bonds is 3. The number of hydrogen-bond donors (Lipinski definition) is 1. The van der Waals surface area contributed by atoms with Gasteiger partial charge in [-0.25, -0.2) is 5.90 Å². The number of nitrogens with zero attached hydrogens (tertiary/aromatic N) is 1. The molecule has 1 heterocycles. The van der Waals surface area contributed by atoms with Crippen LogP contribution in [0.3, 0.4) is 0 Å². The van der Waals surface area contributed by atoms with Gasteiger partial charge >= 0.3 is 6.18 Å². The molecule has 0 bridgehead atoms. The van der Waals surface area contributed by atoms with Gasteiger partial charge in [-0.1, -0.05) is 6.07 Å². The monoisotopic (exact) mass is 232 g/mol. The van der Waals surface area contributed by atoms with Crippen LogP contribution in [0, 0.1) is 0 Å². The minimum atomic E-state index is -4.43. The third-order valence-electron chi connectivity index (χ3n) is 2.86. The average Bonchev–Trinajstić information content (AvgIpc) is 2.98. The molecule has 1 aromatic heterocycles. The summed E-state index contributed by atoms with van der Waals surface area (Å²) in [5.41, 5.74) is -1.23. The summed E-state index contributed by atoms with van der Waals surface area (Å²) in [6.45, 7) is 0.0990. The maximum absolute atomic E-state index is 12.7. The normalized spacial score (nSPS) is 18.5. The van der Waals surface area contributed by atoms with Crippen molar-refractivity contribution in [1.82, 2.24) is 4.98 Å². The quantitative estimate of drug-likeness (QED) is 0.811. The molecule has 1 aliphatic rings. The van der Waals surface area contributed by atoms with E-state index in [2.05, 4.69) is 9.82 Å². The summed E-state index contributed by atoms with van der Waals surface area (Å²) in [7, 11) is 0. The van der Waals surface area contributed by atoms with Gasteiger partial charge < -0.3 is 4.84 Å². The highest BCUT2D eigenvalue weighted by Crippen LogP contribution is 2.51. The first-order chi connectivity index (χ1) is 7.49. The van der Waals surface area contributed by atoms with Gasteiger partial charge in [-0.2, -0.15) is 13.2 Å². The number of alkyl halides is 3. The van der Waals surface area contributed by atoms with Crippen molar-refractivity contribution in [3.63, 3.8) is 0 Å². The molecular weight excluding hydrogens is 221 g/mol. The lowest BCUT2D eigenvalue weighted by Gasteiger charge is -2.18. The van der Waals surface area contributed by atoms with Crippen molar-refractivity contribution in [1.29, 1.82) is 0 Å². The van der Waals surface area contributed by atoms with E-state index in [0.29, 0.717) is 12.8 Å². The highest BCUT2D eigenvalue weighted by atomic mass is 19.4. The van der Waals surface area contributed by atoms with Crippen molar-refractivity contribution in [3.8, 4) is 0 Å². The Morgan fingerprint density at radius 2 is 2.12 bits per heavy atom. The van der Waals surface area contributed by atoms with Crippen LogP contribution in [0.5, 0.6) is 0 Å². The smallest absolute Gasteiger partial charge is 0.304 e. The van der Waals surface area contributed by atoms with Gasteiger partial charge in [0.25, 0.3) is 0 Å². The van der Waals surface area contributed by atoms with E-state index in [9.17, 15) is 13.2 Å². The van der Waals surface area contributed by atoms with Crippen molar-refractivity contribution >= 4 is 0 Å². The van der Waals surface area contributed by atoms with E-state index >= 15 is 0 Å². The first kappa shape index (κ1) is 11.3. The summed E-state index contributed by atoms with van der Waals surface area (Å²) >= 11 is 0. The standard InChI is InChI=1S/C10H11F3N2O/c11-10(12,13)8-7(2-1-5-15-8)9(3-4-9)6-16-14/h1-2,5H,3-4,6,14H2. The molecule has 2 N–H and O–H groups in total. The van der Waals surface area contributed by atoms with E-state index in [4.69, 9.17) is 5.90 Å². The molecule has 1 aliphatic carbocycles. The fourth-order valence-corrected chi connectivity index (χ4v) is 1.86. The fraction of sp³-hybridized carbons (Fsp3) is 0.500. The zero-order valence-corrected chi connectivity index (χ0v) is 8.42. The second-order valence-corrected chi connectivity index (χ2v) is 3.99. The van der Waals surface area contributed by atoms with E-state index in [-0.39, 0.29) is 12.2 Å². The van der Waals surface area contributed by atoms with Crippen molar-refractivity contribution in [3.05, 3.63) is 29.6 Å². The van der Waals surface area contributed by atoms with Crippen LogP contribution >= 0.6 is 0 Å². The summed E-state index contributed by atoms with van der Waals surface area (Å²) < 4.78 is 38.1. The predicted molar refractivity (Wildman–Crippen MR) is 50.3 cm³/mol. The molecule has 1 fully saturated rings. The molecule has 0 radical (unpaired) electrons. The predicted octanol–water partition coefficient (Wildman–Crippen LogP) is 2.02. The Balaban J connectivity index is 2.41. The van der Waals surface area contributed by atoms with Gasteiger partial charge in [0.1, 0.15) is 5.69 Å². The third-order valence-corrected chi connectivity index (χ3v) is 2.86. The molecule has 16 heavy (non-hydrogen) atoms. The van der Waals surface area contributed by atoms with Crippen LogP contribution < -0.4 is 5.90 Å². The zero-order valence-electron chi connectivity index (χ0n) is 8.42. The van der Waals surface area contributed by atoms with Crippen molar-refractivity contribution < 1.29 is 18.0 Å². The lowest BCUT2D eigenvalue weighted by atomic mass is 9.95. The first-order valence-electron chi connectivity index (χ1n) is 4.84. The Hall–Kier alpha value is -1.14. The van der Waals surface area contributed by atoms with E-state index < -0.39 is 17.3 Å². The molecule has 0 unspecified atom stereocenters. The maximum atomic E-state index is 12.7. The Morgan fingerprint density at radius 1 is 1.44 bits per heavy atom. The van der Waals surface area contributed by atoms with E-state index in [1.54, 1.807) is 0 Å². The second kappa shape index (κ2) is 3.71. The zero-order chi connectivity index (χ0) is 11.8. The molecule has 0 amide bonds. The van der Waals surface area contributed by atoms with Gasteiger partial charge in [-0.05, 0) is 24.5 Å². The van der Waals surface area contributed by atoms with Crippen LogP contribution in [0.2, 0.25) is 0 Å². The van der Waals surface area contributed by atoms with Crippen molar-refractivity contribution in [2.75, 3.05) is 6.61 Å². The SMILES string of the molecule is NOCC1(c2cccnc2C(F)(F)F)CC1. The highest BCUT2D eigenvalue weighted by molar-refractivity contribution is 5.36. The lowest BCUT2D eigenvalue weighted by molar-refractivity contribution is -0.142. The van der Waals surface area contributed by atoms with Gasteiger partial charge in [-0.15, -0.1) is 0 Å². The fourth-order valence-electron chi connectivity index (χ4n) is 1.86. The Bertz CT molecular complexity index is 388. The third kappa shape index (κ3) is 1.90. The molecule has 3 nitrogen and oxygen atoms in total. The van der Waals surface area contributed by atoms with Gasteiger partial charge in [0.05, 0.1) is 6.61 Å². The second-order valence-electron chi connectivity index (χ2n) is 3.99. The van der Waals surface area contributed by atoms with Crippen LogP contribution in [0.1, 0.15) is 24.1 Å². The van der Waals surface area contributed by atoms with E-state index in [1.165, 1.54) is 12.1 Å². The molecule has 0 aromatic carbocycles. The van der Waals surface area contributed by atoms with Crippen LogP contribution in [0.4, 0.5) is 13.2 Å². The summed E-state index contributed by atoms with van der Waals surface area (Å²) in [4.78, 5) is 7.91. The molecule has 0 saturated heterocycles.